The number of hydrogen-bond acceptors (Lipinski definition) is 3. The Hall–Kier alpha value is -1.70. The van der Waals surface area contributed by atoms with E-state index < -0.39 is 0 Å². The van der Waals surface area contributed by atoms with Crippen molar-refractivity contribution in [2.75, 3.05) is 18.5 Å². The van der Waals surface area contributed by atoms with Gasteiger partial charge in [-0.3, -0.25) is 10.1 Å². The van der Waals surface area contributed by atoms with Gasteiger partial charge in [-0.1, -0.05) is 40.2 Å². The molecule has 2 aromatic carbocycles. The first-order chi connectivity index (χ1) is 11.7. The minimum Gasteiger partial charge on any atom is -1.00 e. The summed E-state index contributed by atoms with van der Waals surface area (Å²) in [6.07, 6.45) is 0.648. The summed E-state index contributed by atoms with van der Waals surface area (Å²) >= 11 is 3.40. The van der Waals surface area contributed by atoms with Crippen molar-refractivity contribution in [2.45, 2.75) is 13.0 Å². The molecule has 0 bridgehead atoms. The minimum atomic E-state index is 0. The van der Waals surface area contributed by atoms with Crippen molar-refractivity contribution in [1.82, 2.24) is 4.98 Å². The summed E-state index contributed by atoms with van der Waals surface area (Å²) in [5.74, 6) is 0.809. The van der Waals surface area contributed by atoms with E-state index in [1.165, 1.54) is 0 Å². The second-order valence-electron chi connectivity index (χ2n) is 5.51. The van der Waals surface area contributed by atoms with Gasteiger partial charge in [-0.15, -0.1) is 0 Å². The number of aromatic amines is 1. The lowest BCUT2D eigenvalue weighted by molar-refractivity contribution is -0.642. The van der Waals surface area contributed by atoms with E-state index in [-0.39, 0.29) is 35.9 Å². The van der Waals surface area contributed by atoms with Gasteiger partial charge in [-0.2, -0.15) is 0 Å². The molecule has 0 radical (unpaired) electrons. The zero-order valence-corrected chi connectivity index (χ0v) is 16.7. The number of aliphatic hydroxyl groups excluding tert-OH is 1. The van der Waals surface area contributed by atoms with Gasteiger partial charge in [0.25, 0.3) is 0 Å². The van der Waals surface area contributed by atoms with Gasteiger partial charge < -0.3 is 22.1 Å². The lowest BCUT2D eigenvalue weighted by atomic mass is 10.1. The zero-order chi connectivity index (χ0) is 16.9. The number of Topliss-reactive ketones (excluding diaryl/α,β-unsaturated/α-hetero) is 1. The maximum atomic E-state index is 12.7. The van der Waals surface area contributed by atoms with Gasteiger partial charge in [0, 0.05) is 23.1 Å². The van der Waals surface area contributed by atoms with Crippen LogP contribution in [0.25, 0.3) is 11.0 Å². The SMILES string of the molecule is O=C(C[n+]1c(NCCCO)[nH]c2ccccc21)c1cccc(Br)c1.[Br-]. The summed E-state index contributed by atoms with van der Waals surface area (Å²) in [6.45, 7) is 1.00. The number of anilines is 1. The van der Waals surface area contributed by atoms with Crippen LogP contribution in [0.2, 0.25) is 0 Å². The van der Waals surface area contributed by atoms with E-state index in [4.69, 9.17) is 5.11 Å². The number of hydrogen-bond donors (Lipinski definition) is 3. The average molecular weight is 469 g/mol. The molecule has 132 valence electrons. The third-order valence-corrected chi connectivity index (χ3v) is 4.29. The molecular weight excluding hydrogens is 450 g/mol. The number of benzene rings is 2. The summed E-state index contributed by atoms with van der Waals surface area (Å²) in [5, 5.41) is 12.2. The van der Waals surface area contributed by atoms with Crippen LogP contribution in [0.4, 0.5) is 5.95 Å². The summed E-state index contributed by atoms with van der Waals surface area (Å²) in [7, 11) is 0. The first-order valence-corrected chi connectivity index (χ1v) is 8.62. The van der Waals surface area contributed by atoms with Gasteiger partial charge in [-0.05, 0) is 24.3 Å². The molecule has 3 N–H and O–H groups in total. The molecule has 0 aliphatic rings. The molecule has 0 aliphatic carbocycles. The van der Waals surface area contributed by atoms with E-state index in [2.05, 4.69) is 26.2 Å². The summed E-state index contributed by atoms with van der Waals surface area (Å²) < 4.78 is 2.83. The summed E-state index contributed by atoms with van der Waals surface area (Å²) in [4.78, 5) is 16.0. The van der Waals surface area contributed by atoms with Gasteiger partial charge in [0.15, 0.2) is 5.78 Å². The van der Waals surface area contributed by atoms with Crippen molar-refractivity contribution in [3.63, 3.8) is 0 Å². The fourth-order valence-electron chi connectivity index (χ4n) is 2.62. The highest BCUT2D eigenvalue weighted by molar-refractivity contribution is 9.10. The Labute approximate surface area is 165 Å². The highest BCUT2D eigenvalue weighted by atomic mass is 79.9. The van der Waals surface area contributed by atoms with Crippen molar-refractivity contribution >= 4 is 38.7 Å². The zero-order valence-electron chi connectivity index (χ0n) is 13.5. The molecule has 5 nitrogen and oxygen atoms in total. The number of nitrogens with zero attached hydrogens (tertiary/aromatic N) is 1. The molecule has 0 spiro atoms. The van der Waals surface area contributed by atoms with Crippen LogP contribution in [0, 0.1) is 0 Å². The van der Waals surface area contributed by atoms with E-state index >= 15 is 0 Å². The van der Waals surface area contributed by atoms with Gasteiger partial charge in [0.1, 0.15) is 17.6 Å². The highest BCUT2D eigenvalue weighted by Crippen LogP contribution is 2.15. The highest BCUT2D eigenvalue weighted by Gasteiger charge is 2.20. The molecule has 1 heterocycles. The Morgan fingerprint density at radius 2 is 2.00 bits per heavy atom. The molecule has 25 heavy (non-hydrogen) atoms. The molecule has 0 saturated carbocycles. The standard InChI is InChI=1S/C18H18BrN3O2.BrH/c19-14-6-3-5-13(11-14)17(24)12-22-16-8-2-1-7-15(16)21-18(22)20-9-4-10-23;/h1-3,5-8,11,23H,4,9-10,12H2,(H,20,21);1H. The number of para-hydroxylation sites is 2. The number of carbonyl (C=O) groups excluding carboxylic acids is 1. The Balaban J connectivity index is 0.00000225. The number of rotatable bonds is 7. The van der Waals surface area contributed by atoms with Gasteiger partial charge in [0.05, 0.1) is 6.54 Å². The topological polar surface area (TPSA) is 69.0 Å². The van der Waals surface area contributed by atoms with Crippen molar-refractivity contribution in [3.8, 4) is 0 Å². The molecule has 0 fully saturated rings. The number of nitrogens with one attached hydrogen (secondary N) is 2. The number of carbonyl (C=O) groups is 1. The van der Waals surface area contributed by atoms with Crippen LogP contribution in [0.3, 0.4) is 0 Å². The van der Waals surface area contributed by atoms with Crippen LogP contribution < -0.4 is 26.9 Å². The van der Waals surface area contributed by atoms with Crippen molar-refractivity contribution in [2.24, 2.45) is 0 Å². The lowest BCUT2D eigenvalue weighted by Crippen LogP contribution is -3.00. The number of fused-ring (bicyclic) bond motifs is 1. The first kappa shape index (κ1) is 19.6. The van der Waals surface area contributed by atoms with Gasteiger partial charge >= 0.3 is 5.95 Å². The molecule has 0 saturated heterocycles. The predicted molar refractivity (Wildman–Crippen MR) is 97.2 cm³/mol. The molecular formula is C18H19Br2N3O2. The molecule has 0 aliphatic heterocycles. The van der Waals surface area contributed by atoms with Crippen LogP contribution in [-0.2, 0) is 6.54 Å². The normalized spacial score (nSPS) is 10.5. The van der Waals surface area contributed by atoms with Crippen LogP contribution in [0.15, 0.2) is 53.0 Å². The Bertz CT molecular complexity index is 864. The van der Waals surface area contributed by atoms with Crippen LogP contribution in [-0.4, -0.2) is 29.0 Å². The molecule has 3 aromatic rings. The van der Waals surface area contributed by atoms with Crippen LogP contribution in [0.1, 0.15) is 16.8 Å². The Morgan fingerprint density at radius 3 is 2.76 bits per heavy atom. The number of aliphatic hydroxyl groups is 1. The number of imidazole rings is 1. The third kappa shape index (κ3) is 4.68. The van der Waals surface area contributed by atoms with Gasteiger partial charge in [0.2, 0.25) is 0 Å². The molecule has 3 rings (SSSR count). The number of aromatic nitrogens is 2. The van der Waals surface area contributed by atoms with E-state index in [0.29, 0.717) is 18.5 Å². The largest absolute Gasteiger partial charge is 1.00 e. The van der Waals surface area contributed by atoms with E-state index in [1.807, 2.05) is 53.1 Å². The van der Waals surface area contributed by atoms with Crippen molar-refractivity contribution < 1.29 is 31.4 Å². The number of halogens is 2. The van der Waals surface area contributed by atoms with E-state index in [9.17, 15) is 4.79 Å². The second kappa shape index (κ2) is 9.12. The monoisotopic (exact) mass is 467 g/mol. The molecule has 7 heteroatoms. The average Bonchev–Trinajstić information content (AvgIpc) is 2.93. The quantitative estimate of drug-likeness (QED) is 0.257. The van der Waals surface area contributed by atoms with Gasteiger partial charge in [-0.25, -0.2) is 9.55 Å². The maximum Gasteiger partial charge on any atom is 0.356 e. The number of H-pyrrole nitrogens is 1. The van der Waals surface area contributed by atoms with E-state index in [1.54, 1.807) is 0 Å². The third-order valence-electron chi connectivity index (χ3n) is 3.79. The summed E-state index contributed by atoms with van der Waals surface area (Å²) in [6, 6.07) is 15.3. The fraction of sp³-hybridized carbons (Fsp3) is 0.222. The maximum absolute atomic E-state index is 12.7. The summed E-state index contributed by atoms with van der Waals surface area (Å²) in [5.41, 5.74) is 2.60. The van der Waals surface area contributed by atoms with Crippen LogP contribution in [0.5, 0.6) is 0 Å². The smallest absolute Gasteiger partial charge is 0.356 e. The van der Waals surface area contributed by atoms with Crippen molar-refractivity contribution in [1.29, 1.82) is 0 Å². The molecule has 0 amide bonds. The van der Waals surface area contributed by atoms with E-state index in [0.717, 1.165) is 21.5 Å². The Morgan fingerprint density at radius 1 is 1.20 bits per heavy atom. The van der Waals surface area contributed by atoms with Crippen LogP contribution >= 0.6 is 15.9 Å². The van der Waals surface area contributed by atoms with Crippen molar-refractivity contribution in [3.05, 3.63) is 58.6 Å². The molecule has 0 unspecified atom stereocenters. The second-order valence-corrected chi connectivity index (χ2v) is 6.43. The first-order valence-electron chi connectivity index (χ1n) is 7.83. The number of ketones is 1. The molecule has 1 aromatic heterocycles. The lowest BCUT2D eigenvalue weighted by Gasteiger charge is -2.04. The minimum absolute atomic E-state index is 0. The molecule has 0 atom stereocenters. The Kier molecular flexibility index (Phi) is 7.16. The fourth-order valence-corrected chi connectivity index (χ4v) is 3.02. The predicted octanol–water partition coefficient (Wildman–Crippen LogP) is -0.101.